The molecule has 4 nitrogen and oxygen atoms in total. The second-order valence-electron chi connectivity index (χ2n) is 23.4. The van der Waals surface area contributed by atoms with Crippen molar-refractivity contribution in [1.29, 1.82) is 0 Å². The Labute approximate surface area is 523 Å². The first-order chi connectivity index (χ1) is 44.6. The molecular weight excluding hydrogens is 1110 g/mol. The van der Waals surface area contributed by atoms with E-state index in [1.807, 2.05) is 0 Å². The minimum atomic E-state index is 0.596. The number of nitrogens with zero attached hydrogens (tertiary/aromatic N) is 4. The van der Waals surface area contributed by atoms with Crippen molar-refractivity contribution in [3.8, 4) is 83.8 Å². The van der Waals surface area contributed by atoms with Gasteiger partial charge in [-0.3, -0.25) is 0 Å². The highest BCUT2D eigenvalue weighted by Crippen LogP contribution is 2.55. The molecule has 18 rings (SSSR count). The summed E-state index contributed by atoms with van der Waals surface area (Å²) in [6, 6.07) is 115. The molecule has 0 spiro atoms. The number of benzene rings is 14. The Bertz CT molecular complexity index is 5640. The molecule has 0 saturated heterocycles. The smallest absolute Gasteiger partial charge is 0.230 e. The number of thiophene rings is 1. The average Bonchev–Trinajstić information content (AvgIpc) is 1.55. The Hall–Kier alpha value is -11.8. The first-order valence-corrected chi connectivity index (χ1v) is 31.4. The first-order valence-electron chi connectivity index (χ1n) is 30.6. The Morgan fingerprint density at radius 1 is 0.233 bits per heavy atom. The van der Waals surface area contributed by atoms with Crippen molar-refractivity contribution in [3.05, 3.63) is 327 Å². The monoisotopic (exact) mass is 1160 g/mol. The summed E-state index contributed by atoms with van der Waals surface area (Å²) in [5, 5.41) is 8.85. The lowest BCUT2D eigenvalue weighted by Gasteiger charge is -2.25. The van der Waals surface area contributed by atoms with E-state index in [2.05, 4.69) is 329 Å². The molecule has 0 aliphatic rings. The Morgan fingerprint density at radius 3 is 0.778 bits per heavy atom. The Kier molecular flexibility index (Phi) is 11.8. The van der Waals surface area contributed by atoms with Crippen LogP contribution >= 0.6 is 11.3 Å². The highest BCUT2D eigenvalue weighted by molar-refractivity contribution is 7.26. The van der Waals surface area contributed by atoms with Gasteiger partial charge in [-0.25, -0.2) is 4.85 Å². The number of aromatic nitrogens is 3. The molecule has 90 heavy (non-hydrogen) atoms. The quantitative estimate of drug-likeness (QED) is 0.128. The van der Waals surface area contributed by atoms with Gasteiger partial charge in [0.15, 0.2) is 0 Å². The van der Waals surface area contributed by atoms with Crippen LogP contribution in [0, 0.1) is 6.57 Å². The molecule has 18 aromatic rings. The van der Waals surface area contributed by atoms with Crippen molar-refractivity contribution in [1.82, 2.24) is 13.7 Å². The van der Waals surface area contributed by atoms with Crippen LogP contribution in [0.1, 0.15) is 0 Å². The molecule has 0 bridgehead atoms. The summed E-state index contributed by atoms with van der Waals surface area (Å²) < 4.78 is 9.60. The lowest BCUT2D eigenvalue weighted by Crippen LogP contribution is -2.10. The fourth-order valence-corrected chi connectivity index (χ4v) is 15.5. The van der Waals surface area contributed by atoms with Gasteiger partial charge < -0.3 is 13.7 Å². The van der Waals surface area contributed by atoms with E-state index in [1.54, 1.807) is 11.3 Å². The van der Waals surface area contributed by atoms with Crippen LogP contribution in [0.3, 0.4) is 0 Å². The third kappa shape index (κ3) is 8.06. The molecule has 0 aliphatic heterocycles. The zero-order valence-electron chi connectivity index (χ0n) is 48.7. The minimum absolute atomic E-state index is 0.596. The minimum Gasteiger partial charge on any atom is -0.317 e. The van der Waals surface area contributed by atoms with Crippen molar-refractivity contribution >= 4 is 103 Å². The highest BCUT2D eigenvalue weighted by Gasteiger charge is 2.33. The molecule has 0 saturated carbocycles. The maximum absolute atomic E-state index is 9.87. The van der Waals surface area contributed by atoms with Crippen LogP contribution in [-0.2, 0) is 0 Å². The van der Waals surface area contributed by atoms with Crippen LogP contribution in [0.4, 0.5) is 5.69 Å². The van der Waals surface area contributed by atoms with Gasteiger partial charge in [-0.15, -0.1) is 11.3 Å². The van der Waals surface area contributed by atoms with Crippen molar-refractivity contribution < 1.29 is 0 Å². The van der Waals surface area contributed by atoms with Gasteiger partial charge in [0, 0.05) is 52.5 Å². The van der Waals surface area contributed by atoms with Gasteiger partial charge in [0.1, 0.15) is 0 Å². The zero-order chi connectivity index (χ0) is 59.4. The normalized spacial score (nSPS) is 11.8. The second kappa shape index (κ2) is 20.7. The third-order valence-corrected chi connectivity index (χ3v) is 19.6. The SMILES string of the molecule is [C-]#[N+]c1c(-n2c3ccc(-c4ccccc4)cc3c3cc(-c4ccccc4)ccc32)c(-n2c3ccc(-c4ccccc4)cc3c3cc(-c4ccccc4)ccc32)c(-n2c3ccc(-c4ccccc4)cc3c3cc(-c4ccccc4)ccc32)c2c1sc1ccccc12. The molecule has 5 heteroatoms. The first kappa shape index (κ1) is 51.4. The molecule has 0 radical (unpaired) electrons. The summed E-state index contributed by atoms with van der Waals surface area (Å²) >= 11 is 1.72. The third-order valence-electron chi connectivity index (χ3n) is 18.4. The largest absolute Gasteiger partial charge is 0.317 e. The molecule has 14 aromatic carbocycles. The van der Waals surface area contributed by atoms with E-state index in [4.69, 9.17) is 4.85 Å². The van der Waals surface area contributed by atoms with Gasteiger partial charge >= 0.3 is 0 Å². The lowest BCUT2D eigenvalue weighted by molar-refractivity contribution is 1.07. The van der Waals surface area contributed by atoms with E-state index in [-0.39, 0.29) is 0 Å². The van der Waals surface area contributed by atoms with Crippen LogP contribution in [0.15, 0.2) is 315 Å². The molecular formula is C85H52N4S. The molecule has 0 N–H and O–H groups in total. The summed E-state index contributed by atoms with van der Waals surface area (Å²) in [6.45, 7) is 9.87. The van der Waals surface area contributed by atoms with Crippen LogP contribution in [0.5, 0.6) is 0 Å². The molecule has 0 unspecified atom stereocenters. The Morgan fingerprint density at radius 2 is 0.489 bits per heavy atom. The van der Waals surface area contributed by atoms with Crippen molar-refractivity contribution in [2.75, 3.05) is 0 Å². The zero-order valence-corrected chi connectivity index (χ0v) is 49.5. The molecule has 0 aliphatic carbocycles. The topological polar surface area (TPSA) is 19.1 Å². The van der Waals surface area contributed by atoms with Crippen molar-refractivity contribution in [3.63, 3.8) is 0 Å². The van der Waals surface area contributed by atoms with Gasteiger partial charge in [0.2, 0.25) is 5.69 Å². The molecule has 4 aromatic heterocycles. The van der Waals surface area contributed by atoms with Gasteiger partial charge in [0.25, 0.3) is 0 Å². The van der Waals surface area contributed by atoms with E-state index in [0.717, 1.165) is 169 Å². The van der Waals surface area contributed by atoms with Crippen LogP contribution in [0.25, 0.3) is 174 Å². The van der Waals surface area contributed by atoms with E-state index in [9.17, 15) is 6.57 Å². The van der Waals surface area contributed by atoms with Gasteiger partial charge in [-0.05, 0) is 146 Å². The molecule has 418 valence electrons. The van der Waals surface area contributed by atoms with E-state index < -0.39 is 0 Å². The van der Waals surface area contributed by atoms with Crippen molar-refractivity contribution in [2.45, 2.75) is 0 Å². The van der Waals surface area contributed by atoms with Crippen LogP contribution in [0.2, 0.25) is 0 Å². The van der Waals surface area contributed by atoms with Crippen LogP contribution in [-0.4, -0.2) is 13.7 Å². The fourth-order valence-electron chi connectivity index (χ4n) is 14.3. The molecule has 0 atom stereocenters. The van der Waals surface area contributed by atoms with E-state index >= 15 is 0 Å². The standard InChI is InChI=1S/C85H52N4S/c1-86-81-83(88-75-44-38-62(56-26-12-4-13-27-56)50-69(75)70-51-63(39-45-76(70)88)57-28-14-5-15-29-57)84(89-77-46-40-64(58-30-16-6-17-31-58)52-71(77)72-53-65(41-47-78(72)89)59-32-18-7-19-33-59)82(80-66-34-20-21-35-79(66)90-85(80)81)87-73-42-36-60(54-22-8-2-9-23-54)48-67(73)68-49-61(37-43-74(68)87)55-24-10-3-11-25-55/h2-53H. The number of hydrogen-bond acceptors (Lipinski definition) is 1. The maximum atomic E-state index is 9.87. The predicted molar refractivity (Wildman–Crippen MR) is 381 cm³/mol. The van der Waals surface area contributed by atoms with Gasteiger partial charge in [0.05, 0.1) is 56.7 Å². The van der Waals surface area contributed by atoms with Crippen LogP contribution < -0.4 is 0 Å². The predicted octanol–water partition coefficient (Wildman–Crippen LogP) is 23.9. The maximum Gasteiger partial charge on any atom is 0.230 e. The van der Waals surface area contributed by atoms with Crippen molar-refractivity contribution in [2.24, 2.45) is 0 Å². The summed E-state index contributed by atoms with van der Waals surface area (Å²) in [6.07, 6.45) is 0. The Balaban J connectivity index is 1.08. The van der Waals surface area contributed by atoms with E-state index in [1.165, 1.54) is 0 Å². The number of fused-ring (bicyclic) bond motifs is 12. The fraction of sp³-hybridized carbons (Fsp3) is 0. The molecule has 0 amide bonds. The molecule has 4 heterocycles. The number of hydrogen-bond donors (Lipinski definition) is 0. The summed E-state index contributed by atoms with van der Waals surface area (Å²) in [5.74, 6) is 0. The van der Waals surface area contributed by atoms with Gasteiger partial charge in [-0.2, -0.15) is 0 Å². The summed E-state index contributed by atoms with van der Waals surface area (Å²) in [4.78, 5) is 4.89. The highest BCUT2D eigenvalue weighted by atomic mass is 32.1. The number of rotatable bonds is 9. The second-order valence-corrected chi connectivity index (χ2v) is 24.5. The molecule has 0 fully saturated rings. The lowest BCUT2D eigenvalue weighted by atomic mass is 10.0. The van der Waals surface area contributed by atoms with Gasteiger partial charge in [-0.1, -0.05) is 237 Å². The summed E-state index contributed by atoms with van der Waals surface area (Å²) in [5.41, 5.74) is 23.2. The average molecular weight is 1160 g/mol. The summed E-state index contributed by atoms with van der Waals surface area (Å²) in [7, 11) is 0. The van der Waals surface area contributed by atoms with E-state index in [0.29, 0.717) is 5.69 Å².